The summed E-state index contributed by atoms with van der Waals surface area (Å²) in [6, 6.07) is 0. The van der Waals surface area contributed by atoms with E-state index in [2.05, 4.69) is 0 Å². The van der Waals surface area contributed by atoms with Crippen molar-refractivity contribution in [3.63, 3.8) is 0 Å². The van der Waals surface area contributed by atoms with Crippen LogP contribution in [0.1, 0.15) is 0 Å². The first-order valence-corrected chi connectivity index (χ1v) is 4.68. The van der Waals surface area contributed by atoms with Gasteiger partial charge in [-0.25, -0.2) is 4.39 Å². The Labute approximate surface area is 87.9 Å². The molecule has 0 aliphatic rings. The molecule has 13 heteroatoms. The van der Waals surface area contributed by atoms with E-state index in [0.29, 0.717) is 0 Å². The topological polar surface area (TPSA) is 63.6 Å². The molecule has 0 aromatic heterocycles. The summed E-state index contributed by atoms with van der Waals surface area (Å²) in [5.74, 6) is 0. The minimum absolute atomic E-state index is 1.98. The van der Waals surface area contributed by atoms with Gasteiger partial charge in [0, 0.05) is 0 Å². The minimum Gasteiger partial charge on any atom is -0.281 e. The van der Waals surface area contributed by atoms with Crippen LogP contribution in [0.25, 0.3) is 0 Å². The van der Waals surface area contributed by atoms with Gasteiger partial charge >= 0.3 is 27.7 Å². The third kappa shape index (κ3) is 3.38. The largest absolute Gasteiger partial charge is 0.460 e. The normalized spacial score (nSPS) is 17.0. The zero-order valence-corrected chi connectivity index (χ0v) is 8.00. The van der Waals surface area contributed by atoms with Crippen LogP contribution >= 0.6 is 0 Å². The second kappa shape index (κ2) is 4.20. The smallest absolute Gasteiger partial charge is 0.281 e. The summed E-state index contributed by atoms with van der Waals surface area (Å²) in [5, 5.41) is -6.43. The van der Waals surface area contributed by atoms with Gasteiger partial charge in [-0.05, 0) is 0 Å². The minimum atomic E-state index is -6.79. The molecule has 0 aromatic carbocycles. The second-order valence-electron chi connectivity index (χ2n) is 2.48. The Balaban J connectivity index is 5.18. The van der Waals surface area contributed by atoms with Gasteiger partial charge in [0.25, 0.3) is 6.36 Å². The van der Waals surface area contributed by atoms with E-state index < -0.39 is 34.0 Å². The van der Waals surface area contributed by atoms with Gasteiger partial charge in [0.05, 0.1) is 0 Å². The predicted octanol–water partition coefficient (Wildman–Crippen LogP) is 1.93. The number of ether oxygens (including phenoxy) is 1. The first-order valence-electron chi connectivity index (χ1n) is 3.24. The van der Waals surface area contributed by atoms with Crippen molar-refractivity contribution in [3.05, 3.63) is 0 Å². The highest BCUT2D eigenvalue weighted by molar-refractivity contribution is 7.86. The van der Waals surface area contributed by atoms with Crippen molar-refractivity contribution in [2.75, 3.05) is 0 Å². The number of rotatable bonds is 4. The van der Waals surface area contributed by atoms with Gasteiger partial charge in [0.2, 0.25) is 0 Å². The van der Waals surface area contributed by atoms with E-state index in [0.717, 1.165) is 0 Å². The molecule has 0 aromatic rings. The van der Waals surface area contributed by atoms with E-state index in [1.54, 1.807) is 0 Å². The quantitative estimate of drug-likeness (QED) is 0.636. The Morgan fingerprint density at radius 2 is 1.35 bits per heavy atom. The lowest BCUT2D eigenvalue weighted by atomic mass is 10.6. The molecule has 0 radical (unpaired) electrons. The molecule has 0 spiro atoms. The van der Waals surface area contributed by atoms with Crippen molar-refractivity contribution in [1.29, 1.82) is 0 Å². The molecule has 0 fully saturated rings. The number of hydrogen-bond donors (Lipinski definition) is 1. The van der Waals surface area contributed by atoms with Crippen LogP contribution in [0.5, 0.6) is 0 Å². The molecule has 0 saturated heterocycles. The van der Waals surface area contributed by atoms with Crippen LogP contribution in [0.2, 0.25) is 0 Å². The molecule has 104 valence electrons. The van der Waals surface area contributed by atoms with E-state index in [1.807, 2.05) is 4.74 Å². The monoisotopic (exact) mass is 298 g/mol. The van der Waals surface area contributed by atoms with Crippen LogP contribution < -0.4 is 0 Å². The summed E-state index contributed by atoms with van der Waals surface area (Å²) in [6.07, 6.45) is -17.3. The molecule has 0 aliphatic carbocycles. The molecule has 0 saturated carbocycles. The van der Waals surface area contributed by atoms with Gasteiger partial charge in [-0.3, -0.25) is 9.29 Å². The molecule has 0 aliphatic heterocycles. The molecule has 0 bridgehead atoms. The van der Waals surface area contributed by atoms with Gasteiger partial charge < -0.3 is 0 Å². The summed E-state index contributed by atoms with van der Waals surface area (Å²) >= 11 is 0. The first-order chi connectivity index (χ1) is 7.13. The van der Waals surface area contributed by atoms with Crippen LogP contribution in [-0.2, 0) is 14.9 Å². The number of alkyl halides is 8. The Morgan fingerprint density at radius 3 is 1.59 bits per heavy atom. The average molecular weight is 298 g/mol. The first kappa shape index (κ1) is 16.3. The summed E-state index contributed by atoms with van der Waals surface area (Å²) < 4.78 is 124. The maximum absolute atomic E-state index is 12.2. The average Bonchev–Trinajstić information content (AvgIpc) is 1.98. The summed E-state index contributed by atoms with van der Waals surface area (Å²) in [7, 11) is -6.79. The number of hydrogen-bond acceptors (Lipinski definition) is 3. The fourth-order valence-electron chi connectivity index (χ4n) is 0.416. The van der Waals surface area contributed by atoms with Crippen molar-refractivity contribution < 1.29 is 52.8 Å². The molecule has 4 nitrogen and oxygen atoms in total. The molecule has 0 heterocycles. The standard InChI is InChI=1S/C4H2F8O4S/c5-1(2(6,7)8)16-3(9,10)4(11,12)17(13,14)15/h1H,(H,13,14,15). The second-order valence-corrected chi connectivity index (χ2v) is 3.95. The van der Waals surface area contributed by atoms with Gasteiger partial charge in [-0.1, -0.05) is 0 Å². The van der Waals surface area contributed by atoms with Crippen LogP contribution in [-0.4, -0.2) is 36.9 Å². The molecular formula is C4H2F8O4S. The molecule has 1 N–H and O–H groups in total. The van der Waals surface area contributed by atoms with E-state index in [4.69, 9.17) is 4.55 Å². The van der Waals surface area contributed by atoms with Crippen molar-refractivity contribution in [1.82, 2.24) is 0 Å². The predicted molar refractivity (Wildman–Crippen MR) is 33.5 cm³/mol. The molecule has 0 rings (SSSR count). The van der Waals surface area contributed by atoms with E-state index in [-0.39, 0.29) is 0 Å². The summed E-state index contributed by atoms with van der Waals surface area (Å²) in [5.41, 5.74) is 0. The van der Waals surface area contributed by atoms with Crippen LogP contribution in [0.4, 0.5) is 35.1 Å². The maximum Gasteiger partial charge on any atom is 0.460 e. The van der Waals surface area contributed by atoms with E-state index in [9.17, 15) is 43.5 Å². The van der Waals surface area contributed by atoms with Crippen LogP contribution in [0.15, 0.2) is 0 Å². The molecular weight excluding hydrogens is 296 g/mol. The number of halogens is 8. The van der Waals surface area contributed by atoms with Crippen molar-refractivity contribution in [2.45, 2.75) is 23.9 Å². The highest BCUT2D eigenvalue weighted by Crippen LogP contribution is 2.42. The van der Waals surface area contributed by atoms with Crippen LogP contribution in [0, 0.1) is 0 Å². The molecule has 0 amide bonds. The van der Waals surface area contributed by atoms with Crippen molar-refractivity contribution in [3.8, 4) is 0 Å². The fraction of sp³-hybridized carbons (Fsp3) is 1.00. The Kier molecular flexibility index (Phi) is 4.03. The zero-order chi connectivity index (χ0) is 14.3. The highest BCUT2D eigenvalue weighted by atomic mass is 32.2. The lowest BCUT2D eigenvalue weighted by Crippen LogP contribution is -2.51. The Morgan fingerprint density at radius 1 is 1.00 bits per heavy atom. The van der Waals surface area contributed by atoms with Crippen LogP contribution in [0.3, 0.4) is 0 Å². The lowest BCUT2D eigenvalue weighted by Gasteiger charge is -2.25. The highest BCUT2D eigenvalue weighted by Gasteiger charge is 2.70. The summed E-state index contributed by atoms with van der Waals surface area (Å²) in [6.45, 7) is 0. The Bertz CT molecular complexity index is 371. The van der Waals surface area contributed by atoms with Gasteiger partial charge in [-0.15, -0.1) is 0 Å². The maximum atomic E-state index is 12.2. The fourth-order valence-corrected chi connectivity index (χ4v) is 0.764. The van der Waals surface area contributed by atoms with E-state index in [1.165, 1.54) is 0 Å². The van der Waals surface area contributed by atoms with Gasteiger partial charge in [0.15, 0.2) is 0 Å². The summed E-state index contributed by atoms with van der Waals surface area (Å²) in [4.78, 5) is 0. The molecule has 1 unspecified atom stereocenters. The third-order valence-corrected chi connectivity index (χ3v) is 2.06. The lowest BCUT2D eigenvalue weighted by molar-refractivity contribution is -0.394. The zero-order valence-electron chi connectivity index (χ0n) is 7.18. The van der Waals surface area contributed by atoms with Crippen molar-refractivity contribution >= 4 is 10.1 Å². The van der Waals surface area contributed by atoms with Crippen molar-refractivity contribution in [2.24, 2.45) is 0 Å². The van der Waals surface area contributed by atoms with Gasteiger partial charge in [0.1, 0.15) is 0 Å². The van der Waals surface area contributed by atoms with E-state index >= 15 is 0 Å². The third-order valence-electron chi connectivity index (χ3n) is 1.17. The molecule has 1 atom stereocenters. The Hall–Kier alpha value is -0.690. The SMILES string of the molecule is O=S(=O)(O)C(F)(F)C(F)(F)OC(F)C(F)(F)F. The molecule has 17 heavy (non-hydrogen) atoms. The van der Waals surface area contributed by atoms with Gasteiger partial charge in [-0.2, -0.15) is 39.2 Å².